The van der Waals surface area contributed by atoms with Crippen molar-refractivity contribution in [1.82, 2.24) is 10.3 Å². The Hall–Kier alpha value is -1.33. The Balaban J connectivity index is 2.87. The number of carbonyl (C=O) groups excluding carboxylic acids is 2. The molecule has 0 radical (unpaired) electrons. The number of nitrogens with zero attached hydrogens (tertiary/aromatic N) is 1. The Labute approximate surface area is 121 Å². The van der Waals surface area contributed by atoms with Gasteiger partial charge in [0.15, 0.2) is 0 Å². The van der Waals surface area contributed by atoms with Gasteiger partial charge in [0, 0.05) is 6.20 Å². The number of methoxy groups -OCH3 is 1. The number of halogens is 2. The van der Waals surface area contributed by atoms with Gasteiger partial charge in [0.1, 0.15) is 11.2 Å². The monoisotopic (exact) mass is 304 g/mol. The molecule has 1 aromatic heterocycles. The number of amides is 1. The molecule has 0 aliphatic carbocycles. The highest BCUT2D eigenvalue weighted by atomic mass is 35.5. The molecule has 7 heteroatoms. The maximum absolute atomic E-state index is 12.0. The van der Waals surface area contributed by atoms with Crippen LogP contribution in [-0.2, 0) is 9.53 Å². The normalized spacial score (nSPS) is 12.1. The van der Waals surface area contributed by atoms with E-state index in [2.05, 4.69) is 15.0 Å². The van der Waals surface area contributed by atoms with Crippen LogP contribution in [0.25, 0.3) is 0 Å². The minimum atomic E-state index is -0.730. The lowest BCUT2D eigenvalue weighted by Gasteiger charge is -2.19. The quantitative estimate of drug-likeness (QED) is 0.684. The van der Waals surface area contributed by atoms with Crippen LogP contribution in [0, 0.1) is 5.92 Å². The Morgan fingerprint density at radius 1 is 1.37 bits per heavy atom. The van der Waals surface area contributed by atoms with E-state index in [1.807, 2.05) is 0 Å². The third kappa shape index (κ3) is 4.08. The Morgan fingerprint density at radius 3 is 2.47 bits per heavy atom. The summed E-state index contributed by atoms with van der Waals surface area (Å²) in [5.74, 6) is -1.07. The van der Waals surface area contributed by atoms with Crippen molar-refractivity contribution in [2.75, 3.05) is 7.11 Å². The molecule has 19 heavy (non-hydrogen) atoms. The fraction of sp³-hybridized carbons (Fsp3) is 0.417. The van der Waals surface area contributed by atoms with Gasteiger partial charge in [0.2, 0.25) is 0 Å². The molecule has 5 nitrogen and oxygen atoms in total. The number of nitrogens with one attached hydrogen (secondary N) is 1. The first kappa shape index (κ1) is 15.7. The van der Waals surface area contributed by atoms with Gasteiger partial charge in [-0.05, 0) is 12.0 Å². The van der Waals surface area contributed by atoms with Crippen LogP contribution in [0.1, 0.15) is 24.2 Å². The summed E-state index contributed by atoms with van der Waals surface area (Å²) in [5, 5.41) is 2.87. The number of esters is 1. The summed E-state index contributed by atoms with van der Waals surface area (Å²) in [5.41, 5.74) is 0.226. The summed E-state index contributed by atoms with van der Waals surface area (Å²) in [6, 6.07) is 0.660. The number of carbonyl (C=O) groups is 2. The van der Waals surface area contributed by atoms with Crippen LogP contribution in [0.4, 0.5) is 0 Å². The lowest BCUT2D eigenvalue weighted by Crippen LogP contribution is -2.45. The van der Waals surface area contributed by atoms with Crippen LogP contribution in [-0.4, -0.2) is 30.0 Å². The van der Waals surface area contributed by atoms with E-state index in [-0.39, 0.29) is 21.7 Å². The van der Waals surface area contributed by atoms with Gasteiger partial charge in [-0.1, -0.05) is 37.0 Å². The third-order valence-corrected chi connectivity index (χ3v) is 3.15. The third-order valence-electron chi connectivity index (χ3n) is 2.47. The molecule has 0 aromatic carbocycles. The van der Waals surface area contributed by atoms with E-state index in [9.17, 15) is 9.59 Å². The molecular formula is C12H14Cl2N2O3. The average molecular weight is 305 g/mol. The Kier molecular flexibility index (Phi) is 5.57. The van der Waals surface area contributed by atoms with Crippen molar-refractivity contribution in [1.29, 1.82) is 0 Å². The van der Waals surface area contributed by atoms with Crippen molar-refractivity contribution < 1.29 is 14.3 Å². The predicted octanol–water partition coefficient (Wildman–Crippen LogP) is 2.32. The molecule has 0 spiro atoms. The van der Waals surface area contributed by atoms with Crippen molar-refractivity contribution in [3.8, 4) is 0 Å². The largest absolute Gasteiger partial charge is 0.467 e. The lowest BCUT2D eigenvalue weighted by atomic mass is 10.0. The zero-order valence-electron chi connectivity index (χ0n) is 10.7. The lowest BCUT2D eigenvalue weighted by molar-refractivity contribution is -0.144. The maximum Gasteiger partial charge on any atom is 0.328 e. The fourth-order valence-corrected chi connectivity index (χ4v) is 1.66. The molecule has 1 atom stereocenters. The van der Waals surface area contributed by atoms with E-state index in [1.54, 1.807) is 13.8 Å². The number of aromatic nitrogens is 1. The van der Waals surface area contributed by atoms with Gasteiger partial charge in [0.25, 0.3) is 5.91 Å². The Morgan fingerprint density at radius 2 is 2.00 bits per heavy atom. The summed E-state index contributed by atoms with van der Waals surface area (Å²) in [4.78, 5) is 27.3. The molecule has 0 saturated carbocycles. The SMILES string of the molecule is COC(=O)[C@H](NC(=O)c1cnc(Cl)c(Cl)c1)C(C)C. The average Bonchev–Trinajstić information content (AvgIpc) is 2.37. The molecule has 1 aromatic rings. The van der Waals surface area contributed by atoms with E-state index in [4.69, 9.17) is 23.2 Å². The number of pyridine rings is 1. The highest BCUT2D eigenvalue weighted by Gasteiger charge is 2.25. The number of hydrogen-bond donors (Lipinski definition) is 1. The smallest absolute Gasteiger partial charge is 0.328 e. The molecule has 0 saturated heterocycles. The van der Waals surface area contributed by atoms with Gasteiger partial charge >= 0.3 is 5.97 Å². The van der Waals surface area contributed by atoms with Crippen molar-refractivity contribution in [2.45, 2.75) is 19.9 Å². The van der Waals surface area contributed by atoms with Gasteiger partial charge in [-0.2, -0.15) is 0 Å². The molecule has 0 aliphatic rings. The van der Waals surface area contributed by atoms with E-state index in [0.717, 1.165) is 0 Å². The van der Waals surface area contributed by atoms with Crippen molar-refractivity contribution in [3.05, 3.63) is 28.0 Å². The molecule has 1 N–H and O–H groups in total. The van der Waals surface area contributed by atoms with Crippen molar-refractivity contribution >= 4 is 35.1 Å². The Bertz CT molecular complexity index is 492. The van der Waals surface area contributed by atoms with Crippen LogP contribution >= 0.6 is 23.2 Å². The van der Waals surface area contributed by atoms with E-state index >= 15 is 0 Å². The minimum Gasteiger partial charge on any atom is -0.467 e. The molecule has 0 unspecified atom stereocenters. The second kappa shape index (κ2) is 6.73. The van der Waals surface area contributed by atoms with Crippen LogP contribution in [0.15, 0.2) is 12.3 Å². The first-order chi connectivity index (χ1) is 8.86. The highest BCUT2D eigenvalue weighted by Crippen LogP contribution is 2.19. The van der Waals surface area contributed by atoms with E-state index in [1.165, 1.54) is 19.4 Å². The van der Waals surface area contributed by atoms with Crippen LogP contribution < -0.4 is 5.32 Å². The second-order valence-electron chi connectivity index (χ2n) is 4.21. The standard InChI is InChI=1S/C12H14Cl2N2O3/c1-6(2)9(12(18)19-3)16-11(17)7-4-8(13)10(14)15-5-7/h4-6,9H,1-3H3,(H,16,17)/t9-/m1/s1. The van der Waals surface area contributed by atoms with Crippen LogP contribution in [0.3, 0.4) is 0 Å². The summed E-state index contributed by atoms with van der Waals surface area (Å²) < 4.78 is 4.64. The summed E-state index contributed by atoms with van der Waals surface area (Å²) in [6.07, 6.45) is 1.29. The van der Waals surface area contributed by atoms with Gasteiger partial charge in [0.05, 0.1) is 17.7 Å². The summed E-state index contributed by atoms with van der Waals surface area (Å²) >= 11 is 11.4. The van der Waals surface area contributed by atoms with Crippen molar-refractivity contribution in [3.63, 3.8) is 0 Å². The molecule has 1 rings (SSSR count). The second-order valence-corrected chi connectivity index (χ2v) is 4.98. The molecule has 1 heterocycles. The van der Waals surface area contributed by atoms with Gasteiger partial charge in [-0.3, -0.25) is 4.79 Å². The van der Waals surface area contributed by atoms with Gasteiger partial charge < -0.3 is 10.1 Å². The number of hydrogen-bond acceptors (Lipinski definition) is 4. The topological polar surface area (TPSA) is 68.3 Å². The van der Waals surface area contributed by atoms with Crippen molar-refractivity contribution in [2.24, 2.45) is 5.92 Å². The first-order valence-corrected chi connectivity index (χ1v) is 6.32. The number of rotatable bonds is 4. The molecule has 104 valence electrons. The molecule has 0 aliphatic heterocycles. The minimum absolute atomic E-state index is 0.105. The highest BCUT2D eigenvalue weighted by molar-refractivity contribution is 6.41. The number of ether oxygens (including phenoxy) is 1. The van der Waals surface area contributed by atoms with E-state index < -0.39 is 17.9 Å². The van der Waals surface area contributed by atoms with Crippen LogP contribution in [0.2, 0.25) is 10.2 Å². The van der Waals surface area contributed by atoms with E-state index in [0.29, 0.717) is 0 Å². The zero-order valence-corrected chi connectivity index (χ0v) is 12.2. The maximum atomic E-state index is 12.0. The molecule has 0 bridgehead atoms. The molecule has 1 amide bonds. The molecule has 0 fully saturated rings. The summed E-state index contributed by atoms with van der Waals surface area (Å²) in [6.45, 7) is 3.60. The first-order valence-electron chi connectivity index (χ1n) is 5.56. The molecular weight excluding hydrogens is 291 g/mol. The van der Waals surface area contributed by atoms with Gasteiger partial charge in [-0.15, -0.1) is 0 Å². The zero-order chi connectivity index (χ0) is 14.6. The van der Waals surface area contributed by atoms with Gasteiger partial charge in [-0.25, -0.2) is 9.78 Å². The van der Waals surface area contributed by atoms with Crippen LogP contribution in [0.5, 0.6) is 0 Å². The summed E-state index contributed by atoms with van der Waals surface area (Å²) in [7, 11) is 1.27. The predicted molar refractivity (Wildman–Crippen MR) is 72.4 cm³/mol. The fourth-order valence-electron chi connectivity index (χ4n) is 1.39.